The van der Waals surface area contributed by atoms with E-state index in [0.717, 1.165) is 55.9 Å². The molecule has 0 aliphatic heterocycles. The second-order valence-corrected chi connectivity index (χ2v) is 7.69. The van der Waals surface area contributed by atoms with Gasteiger partial charge in [-0.3, -0.25) is 4.99 Å². The lowest BCUT2D eigenvalue weighted by Crippen LogP contribution is -2.40. The summed E-state index contributed by atoms with van der Waals surface area (Å²) in [6, 6.07) is 10.5. The Morgan fingerprint density at radius 1 is 1.15 bits per heavy atom. The van der Waals surface area contributed by atoms with Crippen molar-refractivity contribution in [2.75, 3.05) is 37.4 Å². The number of aromatic nitrogens is 3. The molecule has 2 N–H and O–H groups in total. The van der Waals surface area contributed by atoms with Gasteiger partial charge in [-0.1, -0.05) is 25.1 Å². The number of benzene rings is 1. The maximum absolute atomic E-state index is 4.64. The fraction of sp³-hybridized carbons (Fsp3) is 0.500. The minimum absolute atomic E-state index is 0.794. The number of nitrogens with one attached hydrogen (secondary N) is 2. The molecule has 1 heterocycles. The standard InChI is InChI=1S/C18H28N6S2/c1-3-17-23-22-15-24(17)12-9-19-18(20-10-13-25-2)21-11-14-26-16-7-5-4-6-8-16/h4-8,15H,3,9-14H2,1-2H3,(H2,19,20,21). The SMILES string of the molecule is CCc1nncn1CCNC(=NCCSC)NCCSc1ccccc1. The summed E-state index contributed by atoms with van der Waals surface area (Å²) in [5, 5.41) is 14.9. The lowest BCUT2D eigenvalue weighted by atomic mass is 10.4. The Bertz CT molecular complexity index is 644. The summed E-state index contributed by atoms with van der Waals surface area (Å²) in [5.74, 6) is 3.91. The molecule has 0 amide bonds. The maximum Gasteiger partial charge on any atom is 0.191 e. The van der Waals surface area contributed by atoms with Crippen LogP contribution < -0.4 is 10.6 Å². The summed E-state index contributed by atoms with van der Waals surface area (Å²) in [4.78, 5) is 5.94. The number of rotatable bonds is 11. The number of nitrogens with zero attached hydrogens (tertiary/aromatic N) is 4. The molecule has 0 bridgehead atoms. The Balaban J connectivity index is 1.74. The van der Waals surface area contributed by atoms with Crippen molar-refractivity contribution in [1.82, 2.24) is 25.4 Å². The second kappa shape index (κ2) is 12.6. The quantitative estimate of drug-likeness (QED) is 0.265. The highest BCUT2D eigenvalue weighted by Crippen LogP contribution is 2.15. The molecule has 0 unspecified atom stereocenters. The highest BCUT2D eigenvalue weighted by molar-refractivity contribution is 7.99. The zero-order valence-corrected chi connectivity index (χ0v) is 17.2. The topological polar surface area (TPSA) is 67.1 Å². The Hall–Kier alpha value is -1.67. The third-order valence-corrected chi connectivity index (χ3v) is 5.23. The third-order valence-electron chi connectivity index (χ3n) is 3.63. The van der Waals surface area contributed by atoms with Crippen LogP contribution in [0.3, 0.4) is 0 Å². The van der Waals surface area contributed by atoms with Crippen molar-refractivity contribution in [3.63, 3.8) is 0 Å². The predicted molar refractivity (Wildman–Crippen MR) is 113 cm³/mol. The fourth-order valence-electron chi connectivity index (χ4n) is 2.31. The summed E-state index contributed by atoms with van der Waals surface area (Å²) in [6.07, 6.45) is 4.78. The van der Waals surface area contributed by atoms with Crippen LogP contribution in [0.4, 0.5) is 0 Å². The lowest BCUT2D eigenvalue weighted by Gasteiger charge is -2.13. The molecule has 0 saturated heterocycles. The fourth-order valence-corrected chi connectivity index (χ4v) is 3.38. The molecule has 0 saturated carbocycles. The van der Waals surface area contributed by atoms with E-state index < -0.39 is 0 Å². The van der Waals surface area contributed by atoms with E-state index in [9.17, 15) is 0 Å². The highest BCUT2D eigenvalue weighted by Gasteiger charge is 2.03. The largest absolute Gasteiger partial charge is 0.356 e. The second-order valence-electron chi connectivity index (χ2n) is 5.53. The first kappa shape index (κ1) is 20.6. The molecule has 0 radical (unpaired) electrons. The predicted octanol–water partition coefficient (Wildman–Crippen LogP) is 2.53. The van der Waals surface area contributed by atoms with Gasteiger partial charge in [0.2, 0.25) is 0 Å². The molecule has 2 rings (SSSR count). The van der Waals surface area contributed by atoms with Gasteiger partial charge in [-0.05, 0) is 18.4 Å². The van der Waals surface area contributed by atoms with Gasteiger partial charge in [-0.2, -0.15) is 11.8 Å². The van der Waals surface area contributed by atoms with E-state index in [0.29, 0.717) is 0 Å². The number of guanidine groups is 1. The number of aryl methyl sites for hydroxylation is 1. The summed E-state index contributed by atoms with van der Waals surface area (Å²) >= 11 is 3.66. The molecule has 0 aliphatic rings. The normalized spacial score (nSPS) is 11.5. The van der Waals surface area contributed by atoms with E-state index in [-0.39, 0.29) is 0 Å². The van der Waals surface area contributed by atoms with E-state index in [2.05, 4.69) is 67.8 Å². The van der Waals surface area contributed by atoms with Crippen LogP contribution in [-0.4, -0.2) is 58.1 Å². The van der Waals surface area contributed by atoms with E-state index in [1.54, 1.807) is 6.33 Å². The minimum Gasteiger partial charge on any atom is -0.356 e. The van der Waals surface area contributed by atoms with Crippen LogP contribution >= 0.6 is 23.5 Å². The van der Waals surface area contributed by atoms with Gasteiger partial charge in [-0.15, -0.1) is 22.0 Å². The van der Waals surface area contributed by atoms with Gasteiger partial charge >= 0.3 is 0 Å². The zero-order chi connectivity index (χ0) is 18.5. The number of thioether (sulfide) groups is 2. The minimum atomic E-state index is 0.794. The Labute approximate surface area is 164 Å². The van der Waals surface area contributed by atoms with E-state index in [1.165, 1.54) is 4.90 Å². The number of hydrogen-bond acceptors (Lipinski definition) is 5. The van der Waals surface area contributed by atoms with Crippen LogP contribution in [0.15, 0.2) is 46.5 Å². The van der Waals surface area contributed by atoms with Crippen molar-refractivity contribution in [3.8, 4) is 0 Å². The van der Waals surface area contributed by atoms with E-state index in [4.69, 9.17) is 0 Å². The van der Waals surface area contributed by atoms with Crippen LogP contribution in [0, 0.1) is 0 Å². The van der Waals surface area contributed by atoms with Crippen molar-refractivity contribution in [1.29, 1.82) is 0 Å². The first-order valence-corrected chi connectivity index (χ1v) is 11.3. The Kier molecular flexibility index (Phi) is 10.0. The molecule has 8 heteroatoms. The molecule has 26 heavy (non-hydrogen) atoms. The van der Waals surface area contributed by atoms with Crippen molar-refractivity contribution in [2.24, 2.45) is 4.99 Å². The van der Waals surface area contributed by atoms with Crippen LogP contribution in [0.25, 0.3) is 0 Å². The Morgan fingerprint density at radius 2 is 1.96 bits per heavy atom. The lowest BCUT2D eigenvalue weighted by molar-refractivity contribution is 0.633. The smallest absolute Gasteiger partial charge is 0.191 e. The average molecular weight is 393 g/mol. The summed E-state index contributed by atoms with van der Waals surface area (Å²) in [7, 11) is 0. The number of aliphatic imine (C=N–C) groups is 1. The van der Waals surface area contributed by atoms with Crippen LogP contribution in [-0.2, 0) is 13.0 Å². The van der Waals surface area contributed by atoms with Crippen molar-refractivity contribution in [2.45, 2.75) is 24.8 Å². The average Bonchev–Trinajstić information content (AvgIpc) is 3.13. The molecule has 0 aliphatic carbocycles. The molecular weight excluding hydrogens is 364 g/mol. The molecule has 1 aromatic heterocycles. The molecule has 142 valence electrons. The van der Waals surface area contributed by atoms with E-state index >= 15 is 0 Å². The van der Waals surface area contributed by atoms with Gasteiger partial charge < -0.3 is 15.2 Å². The van der Waals surface area contributed by atoms with Gasteiger partial charge in [0.1, 0.15) is 12.2 Å². The molecule has 6 nitrogen and oxygen atoms in total. The Morgan fingerprint density at radius 3 is 2.73 bits per heavy atom. The van der Waals surface area contributed by atoms with Crippen LogP contribution in [0.2, 0.25) is 0 Å². The summed E-state index contributed by atoms with van der Waals surface area (Å²) in [5.41, 5.74) is 0. The van der Waals surface area contributed by atoms with Gasteiger partial charge in [0, 0.05) is 42.5 Å². The van der Waals surface area contributed by atoms with Crippen LogP contribution in [0.1, 0.15) is 12.7 Å². The molecule has 1 aromatic carbocycles. The van der Waals surface area contributed by atoms with Gasteiger partial charge in [-0.25, -0.2) is 0 Å². The summed E-state index contributed by atoms with van der Waals surface area (Å²) in [6.45, 7) is 5.40. The molecule has 0 fully saturated rings. The molecular formula is C18H28N6S2. The monoisotopic (exact) mass is 392 g/mol. The number of hydrogen-bond donors (Lipinski definition) is 2. The first-order chi connectivity index (χ1) is 12.8. The van der Waals surface area contributed by atoms with Crippen molar-refractivity contribution >= 4 is 29.5 Å². The summed E-state index contributed by atoms with van der Waals surface area (Å²) < 4.78 is 2.08. The van der Waals surface area contributed by atoms with Gasteiger partial charge in [0.05, 0.1) is 6.54 Å². The third kappa shape index (κ3) is 7.70. The van der Waals surface area contributed by atoms with E-state index in [1.807, 2.05) is 29.6 Å². The van der Waals surface area contributed by atoms with Gasteiger partial charge in [0.25, 0.3) is 0 Å². The maximum atomic E-state index is 4.64. The van der Waals surface area contributed by atoms with Crippen molar-refractivity contribution in [3.05, 3.63) is 42.5 Å². The first-order valence-electron chi connectivity index (χ1n) is 8.89. The molecule has 0 spiro atoms. The van der Waals surface area contributed by atoms with Crippen LogP contribution in [0.5, 0.6) is 0 Å². The molecule has 2 aromatic rings. The van der Waals surface area contributed by atoms with Gasteiger partial charge in [0.15, 0.2) is 5.96 Å². The van der Waals surface area contributed by atoms with Crippen molar-refractivity contribution < 1.29 is 0 Å². The molecule has 0 atom stereocenters. The zero-order valence-electron chi connectivity index (χ0n) is 15.5. The highest BCUT2D eigenvalue weighted by atomic mass is 32.2.